The molecule has 0 aliphatic rings. The van der Waals surface area contributed by atoms with Gasteiger partial charge >= 0.3 is 0 Å². The Labute approximate surface area is 127 Å². The standard InChI is InChI=1S/C14H20FN3O4/c1-8(19)6-14(2,3)7-17-13(20)10-4-9(15)5-11(12(10)16)18(21)22/h4-5,8,19H,6-7,16H2,1-3H3,(H,17,20). The number of halogens is 1. The Bertz CT molecular complexity index is 588. The van der Waals surface area contributed by atoms with Crippen LogP contribution in [-0.2, 0) is 0 Å². The maximum Gasteiger partial charge on any atom is 0.295 e. The number of aliphatic hydroxyl groups is 1. The van der Waals surface area contributed by atoms with E-state index in [1.165, 1.54) is 0 Å². The number of nitrogens with zero attached hydrogens (tertiary/aromatic N) is 1. The summed E-state index contributed by atoms with van der Waals surface area (Å²) in [6.07, 6.45) is -0.0845. The smallest absolute Gasteiger partial charge is 0.295 e. The normalized spacial score (nSPS) is 12.8. The predicted octanol–water partition coefficient (Wildman–Crippen LogP) is 1.84. The summed E-state index contributed by atoms with van der Waals surface area (Å²) in [5.41, 5.74) is 3.87. The van der Waals surface area contributed by atoms with Gasteiger partial charge in [-0.2, -0.15) is 0 Å². The van der Waals surface area contributed by atoms with Crippen molar-refractivity contribution in [3.8, 4) is 0 Å². The van der Waals surface area contributed by atoms with Crippen LogP contribution in [0, 0.1) is 21.3 Å². The first-order valence-electron chi connectivity index (χ1n) is 6.73. The van der Waals surface area contributed by atoms with Crippen LogP contribution in [0.15, 0.2) is 12.1 Å². The van der Waals surface area contributed by atoms with Crippen molar-refractivity contribution in [1.29, 1.82) is 0 Å². The number of nitrogens with two attached hydrogens (primary N) is 1. The Kier molecular flexibility index (Phi) is 5.43. The highest BCUT2D eigenvalue weighted by molar-refractivity contribution is 6.01. The fraction of sp³-hybridized carbons (Fsp3) is 0.500. The van der Waals surface area contributed by atoms with Crippen LogP contribution in [0.25, 0.3) is 0 Å². The number of nitrogen functional groups attached to an aromatic ring is 1. The number of nitrogens with one attached hydrogen (secondary N) is 1. The molecule has 0 aliphatic carbocycles. The molecule has 0 saturated heterocycles. The molecule has 0 fully saturated rings. The van der Waals surface area contributed by atoms with Crippen LogP contribution in [0.5, 0.6) is 0 Å². The van der Waals surface area contributed by atoms with Gasteiger partial charge in [0.15, 0.2) is 0 Å². The molecule has 122 valence electrons. The van der Waals surface area contributed by atoms with Crippen LogP contribution >= 0.6 is 0 Å². The summed E-state index contributed by atoms with van der Waals surface area (Å²) in [4.78, 5) is 22.0. The maximum absolute atomic E-state index is 13.4. The van der Waals surface area contributed by atoms with Crippen LogP contribution in [0.4, 0.5) is 15.8 Å². The second-order valence-corrected chi connectivity index (χ2v) is 6.04. The molecule has 8 heteroatoms. The van der Waals surface area contributed by atoms with E-state index >= 15 is 0 Å². The summed E-state index contributed by atoms with van der Waals surface area (Å²) >= 11 is 0. The topological polar surface area (TPSA) is 118 Å². The summed E-state index contributed by atoms with van der Waals surface area (Å²) in [5, 5.41) is 22.7. The molecule has 0 saturated carbocycles. The second kappa shape index (κ2) is 6.69. The first-order chi connectivity index (χ1) is 10.0. The van der Waals surface area contributed by atoms with Gasteiger partial charge in [0.25, 0.3) is 11.6 Å². The summed E-state index contributed by atoms with van der Waals surface area (Å²) in [6, 6.07) is 1.53. The monoisotopic (exact) mass is 313 g/mol. The van der Waals surface area contributed by atoms with Gasteiger partial charge in [0.2, 0.25) is 0 Å². The van der Waals surface area contributed by atoms with Gasteiger partial charge in [-0.1, -0.05) is 13.8 Å². The van der Waals surface area contributed by atoms with Crippen LogP contribution < -0.4 is 11.1 Å². The average molecular weight is 313 g/mol. The van der Waals surface area contributed by atoms with Gasteiger partial charge in [0, 0.05) is 6.54 Å². The van der Waals surface area contributed by atoms with E-state index in [9.17, 15) is 24.4 Å². The molecular formula is C14H20FN3O4. The molecule has 0 aromatic heterocycles. The highest BCUT2D eigenvalue weighted by atomic mass is 19.1. The Balaban J connectivity index is 2.93. The Morgan fingerprint density at radius 3 is 2.64 bits per heavy atom. The molecule has 1 aromatic carbocycles. The number of nitro groups is 1. The predicted molar refractivity (Wildman–Crippen MR) is 79.9 cm³/mol. The number of carbonyl (C=O) groups is 1. The lowest BCUT2D eigenvalue weighted by atomic mass is 9.87. The van der Waals surface area contributed by atoms with Gasteiger partial charge in [-0.25, -0.2) is 4.39 Å². The molecule has 4 N–H and O–H groups in total. The Morgan fingerprint density at radius 2 is 2.14 bits per heavy atom. The highest BCUT2D eigenvalue weighted by Gasteiger charge is 2.25. The van der Waals surface area contributed by atoms with Gasteiger partial charge in [0.1, 0.15) is 11.5 Å². The fourth-order valence-electron chi connectivity index (χ4n) is 2.23. The number of aliphatic hydroxyl groups excluding tert-OH is 1. The minimum absolute atomic E-state index is 0.209. The molecule has 0 heterocycles. The minimum atomic E-state index is -0.908. The summed E-state index contributed by atoms with van der Waals surface area (Å²) in [6.45, 7) is 5.53. The van der Waals surface area contributed by atoms with Crippen LogP contribution in [-0.4, -0.2) is 28.6 Å². The number of hydrogen-bond acceptors (Lipinski definition) is 5. The Hall–Kier alpha value is -2.22. The lowest BCUT2D eigenvalue weighted by Gasteiger charge is -2.26. The molecule has 0 spiro atoms. The third-order valence-electron chi connectivity index (χ3n) is 3.14. The largest absolute Gasteiger partial charge is 0.393 e. The van der Waals surface area contributed by atoms with Crippen LogP contribution in [0.3, 0.4) is 0 Å². The molecule has 1 aromatic rings. The van der Waals surface area contributed by atoms with E-state index in [0.29, 0.717) is 12.5 Å². The molecule has 1 atom stereocenters. The van der Waals surface area contributed by atoms with Crippen LogP contribution in [0.2, 0.25) is 0 Å². The van der Waals surface area contributed by atoms with Crippen molar-refractivity contribution >= 4 is 17.3 Å². The van der Waals surface area contributed by atoms with Gasteiger partial charge in [-0.3, -0.25) is 14.9 Å². The maximum atomic E-state index is 13.4. The van der Waals surface area contributed by atoms with Crippen LogP contribution in [0.1, 0.15) is 37.6 Å². The van der Waals surface area contributed by atoms with E-state index in [4.69, 9.17) is 5.73 Å². The summed E-state index contributed by atoms with van der Waals surface area (Å²) in [5.74, 6) is -1.60. The lowest BCUT2D eigenvalue weighted by Crippen LogP contribution is -2.36. The zero-order valence-corrected chi connectivity index (χ0v) is 12.7. The zero-order valence-electron chi connectivity index (χ0n) is 12.7. The molecule has 1 unspecified atom stereocenters. The minimum Gasteiger partial charge on any atom is -0.393 e. The van der Waals surface area contributed by atoms with Gasteiger partial charge in [0.05, 0.1) is 22.7 Å². The number of hydrogen-bond donors (Lipinski definition) is 3. The van der Waals surface area contributed by atoms with Crippen molar-refractivity contribution in [3.63, 3.8) is 0 Å². The lowest BCUT2D eigenvalue weighted by molar-refractivity contribution is -0.384. The molecular weight excluding hydrogens is 293 g/mol. The zero-order chi connectivity index (χ0) is 17.1. The highest BCUT2D eigenvalue weighted by Crippen LogP contribution is 2.27. The third-order valence-corrected chi connectivity index (χ3v) is 3.14. The number of anilines is 1. The Morgan fingerprint density at radius 1 is 1.55 bits per heavy atom. The van der Waals surface area contributed by atoms with E-state index < -0.39 is 33.9 Å². The number of rotatable bonds is 6. The van der Waals surface area contributed by atoms with E-state index in [-0.39, 0.29) is 17.8 Å². The number of amides is 1. The third kappa shape index (κ3) is 4.66. The first kappa shape index (κ1) is 17.8. The van der Waals surface area contributed by atoms with E-state index in [0.717, 1.165) is 6.07 Å². The molecule has 7 nitrogen and oxygen atoms in total. The average Bonchev–Trinajstić information content (AvgIpc) is 2.36. The van der Waals surface area contributed by atoms with Gasteiger partial charge in [-0.05, 0) is 24.8 Å². The van der Waals surface area contributed by atoms with Crippen molar-refractivity contribution in [1.82, 2.24) is 5.32 Å². The van der Waals surface area contributed by atoms with E-state index in [1.54, 1.807) is 6.92 Å². The van der Waals surface area contributed by atoms with Crippen molar-refractivity contribution in [2.45, 2.75) is 33.3 Å². The van der Waals surface area contributed by atoms with Crippen molar-refractivity contribution < 1.29 is 19.2 Å². The van der Waals surface area contributed by atoms with E-state index in [2.05, 4.69) is 5.32 Å². The van der Waals surface area contributed by atoms with Crippen molar-refractivity contribution in [2.24, 2.45) is 5.41 Å². The molecule has 0 aliphatic heterocycles. The molecule has 22 heavy (non-hydrogen) atoms. The molecule has 1 amide bonds. The quantitative estimate of drug-likeness (QED) is 0.420. The number of nitro benzene ring substituents is 1. The fourth-order valence-corrected chi connectivity index (χ4v) is 2.23. The van der Waals surface area contributed by atoms with Gasteiger partial charge in [-0.15, -0.1) is 0 Å². The number of benzene rings is 1. The molecule has 0 bridgehead atoms. The van der Waals surface area contributed by atoms with Gasteiger partial charge < -0.3 is 16.2 Å². The van der Waals surface area contributed by atoms with Crippen molar-refractivity contribution in [3.05, 3.63) is 33.6 Å². The SMILES string of the molecule is CC(O)CC(C)(C)CNC(=O)c1cc(F)cc([N+](=O)[O-])c1N. The van der Waals surface area contributed by atoms with Crippen molar-refractivity contribution in [2.75, 3.05) is 12.3 Å². The summed E-state index contributed by atoms with van der Waals surface area (Å²) in [7, 11) is 0. The van der Waals surface area contributed by atoms with E-state index in [1.807, 2.05) is 13.8 Å². The molecule has 1 rings (SSSR count). The summed E-state index contributed by atoms with van der Waals surface area (Å²) < 4.78 is 13.4. The molecule has 0 radical (unpaired) electrons. The first-order valence-corrected chi connectivity index (χ1v) is 6.73. The second-order valence-electron chi connectivity index (χ2n) is 6.04. The number of carbonyl (C=O) groups excluding carboxylic acids is 1.